The molecule has 0 bridgehead atoms. The number of nitrogens with zero attached hydrogens (tertiary/aromatic N) is 1. The standard InChI is InChI=1S/C20H22N2OS/c1-13(2)21-19(23)12-18-14(3)22-20(24-18)11-16-9-6-8-15-7-4-5-10-17(15)16/h4-10,13H,11-12H2,1-3H3,(H,21,23). The molecule has 2 aromatic carbocycles. The van der Waals surface area contributed by atoms with E-state index < -0.39 is 0 Å². The monoisotopic (exact) mass is 338 g/mol. The summed E-state index contributed by atoms with van der Waals surface area (Å²) in [5.41, 5.74) is 2.24. The van der Waals surface area contributed by atoms with E-state index in [1.807, 2.05) is 20.8 Å². The van der Waals surface area contributed by atoms with Gasteiger partial charge in [-0.2, -0.15) is 0 Å². The van der Waals surface area contributed by atoms with Gasteiger partial charge < -0.3 is 5.32 Å². The lowest BCUT2D eigenvalue weighted by molar-refractivity contribution is -0.120. The largest absolute Gasteiger partial charge is 0.354 e. The molecule has 0 saturated heterocycles. The van der Waals surface area contributed by atoms with Crippen molar-refractivity contribution in [3.05, 3.63) is 63.6 Å². The number of carbonyl (C=O) groups is 1. The topological polar surface area (TPSA) is 42.0 Å². The number of aryl methyl sites for hydroxylation is 1. The van der Waals surface area contributed by atoms with Crippen LogP contribution in [0.4, 0.5) is 0 Å². The molecule has 3 nitrogen and oxygen atoms in total. The normalized spacial score (nSPS) is 11.2. The van der Waals surface area contributed by atoms with Gasteiger partial charge in [0.05, 0.1) is 17.1 Å². The first kappa shape index (κ1) is 16.7. The van der Waals surface area contributed by atoms with E-state index in [1.54, 1.807) is 11.3 Å². The second-order valence-electron chi connectivity index (χ2n) is 6.33. The van der Waals surface area contributed by atoms with Crippen LogP contribution < -0.4 is 5.32 Å². The molecule has 3 rings (SSSR count). The lowest BCUT2D eigenvalue weighted by Crippen LogP contribution is -2.31. The van der Waals surface area contributed by atoms with Crippen LogP contribution >= 0.6 is 11.3 Å². The highest BCUT2D eigenvalue weighted by Crippen LogP contribution is 2.25. The Morgan fingerprint density at radius 3 is 2.71 bits per heavy atom. The molecule has 0 unspecified atom stereocenters. The second-order valence-corrected chi connectivity index (χ2v) is 7.50. The van der Waals surface area contributed by atoms with E-state index >= 15 is 0 Å². The molecule has 1 heterocycles. The van der Waals surface area contributed by atoms with Gasteiger partial charge in [-0.3, -0.25) is 4.79 Å². The van der Waals surface area contributed by atoms with Crippen LogP contribution in [0.3, 0.4) is 0 Å². The first-order valence-electron chi connectivity index (χ1n) is 8.24. The first-order chi connectivity index (χ1) is 11.5. The summed E-state index contributed by atoms with van der Waals surface area (Å²) in [5, 5.41) is 6.53. The van der Waals surface area contributed by atoms with Crippen molar-refractivity contribution in [3.63, 3.8) is 0 Å². The maximum atomic E-state index is 12.0. The maximum Gasteiger partial charge on any atom is 0.225 e. The van der Waals surface area contributed by atoms with E-state index in [0.717, 1.165) is 22.0 Å². The lowest BCUT2D eigenvalue weighted by Gasteiger charge is -2.07. The van der Waals surface area contributed by atoms with Gasteiger partial charge in [-0.1, -0.05) is 42.5 Å². The van der Waals surface area contributed by atoms with Crippen molar-refractivity contribution in [2.24, 2.45) is 0 Å². The molecule has 0 aliphatic carbocycles. The van der Waals surface area contributed by atoms with Gasteiger partial charge in [0.1, 0.15) is 0 Å². The van der Waals surface area contributed by atoms with Gasteiger partial charge >= 0.3 is 0 Å². The highest BCUT2D eigenvalue weighted by molar-refractivity contribution is 7.11. The summed E-state index contributed by atoms with van der Waals surface area (Å²) >= 11 is 1.65. The second kappa shape index (κ2) is 7.14. The molecule has 24 heavy (non-hydrogen) atoms. The quantitative estimate of drug-likeness (QED) is 0.755. The predicted octanol–water partition coefficient (Wildman–Crippen LogP) is 4.26. The van der Waals surface area contributed by atoms with E-state index in [2.05, 4.69) is 52.8 Å². The minimum Gasteiger partial charge on any atom is -0.354 e. The number of amides is 1. The summed E-state index contributed by atoms with van der Waals surface area (Å²) in [6.07, 6.45) is 1.22. The molecule has 124 valence electrons. The minimum atomic E-state index is 0.0634. The summed E-state index contributed by atoms with van der Waals surface area (Å²) in [6.45, 7) is 5.94. The lowest BCUT2D eigenvalue weighted by atomic mass is 10.0. The summed E-state index contributed by atoms with van der Waals surface area (Å²) in [7, 11) is 0. The van der Waals surface area contributed by atoms with Crippen LogP contribution in [0.15, 0.2) is 42.5 Å². The van der Waals surface area contributed by atoms with Crippen LogP contribution in [0.25, 0.3) is 10.8 Å². The van der Waals surface area contributed by atoms with Gasteiger partial charge in [-0.05, 0) is 37.1 Å². The third-order valence-electron chi connectivity index (χ3n) is 3.93. The summed E-state index contributed by atoms with van der Waals surface area (Å²) in [4.78, 5) is 17.7. The Bertz CT molecular complexity index is 862. The van der Waals surface area contributed by atoms with Crippen LogP contribution in [0.2, 0.25) is 0 Å². The molecule has 0 fully saturated rings. The number of fused-ring (bicyclic) bond motifs is 1. The molecular formula is C20H22N2OS. The average Bonchev–Trinajstić information content (AvgIpc) is 2.86. The smallest absolute Gasteiger partial charge is 0.225 e. The van der Waals surface area contributed by atoms with Crippen molar-refractivity contribution >= 4 is 28.0 Å². The zero-order valence-corrected chi connectivity index (χ0v) is 15.1. The Morgan fingerprint density at radius 2 is 1.92 bits per heavy atom. The Kier molecular flexibility index (Phi) is 4.95. The van der Waals surface area contributed by atoms with Crippen LogP contribution in [0.5, 0.6) is 0 Å². The van der Waals surface area contributed by atoms with Crippen LogP contribution in [-0.2, 0) is 17.6 Å². The highest BCUT2D eigenvalue weighted by atomic mass is 32.1. The van der Waals surface area contributed by atoms with E-state index in [-0.39, 0.29) is 11.9 Å². The Hall–Kier alpha value is -2.20. The molecule has 1 N–H and O–H groups in total. The van der Waals surface area contributed by atoms with Gasteiger partial charge in [0.2, 0.25) is 5.91 Å². The molecule has 0 radical (unpaired) electrons. The Labute approximate surface area is 146 Å². The fraction of sp³-hybridized carbons (Fsp3) is 0.300. The molecule has 1 amide bonds. The van der Waals surface area contributed by atoms with Crippen molar-refractivity contribution in [3.8, 4) is 0 Å². The Balaban J connectivity index is 1.81. The van der Waals surface area contributed by atoms with Gasteiger partial charge in [-0.25, -0.2) is 4.98 Å². The van der Waals surface area contributed by atoms with E-state index in [9.17, 15) is 4.79 Å². The van der Waals surface area contributed by atoms with Crippen molar-refractivity contribution < 1.29 is 4.79 Å². The van der Waals surface area contributed by atoms with Gasteiger partial charge in [0, 0.05) is 17.3 Å². The third kappa shape index (κ3) is 3.82. The first-order valence-corrected chi connectivity index (χ1v) is 9.06. The number of carbonyl (C=O) groups excluding carboxylic acids is 1. The fourth-order valence-electron chi connectivity index (χ4n) is 2.86. The van der Waals surface area contributed by atoms with Crippen LogP contribution in [-0.4, -0.2) is 16.9 Å². The molecule has 0 spiro atoms. The molecule has 1 aromatic heterocycles. The summed E-state index contributed by atoms with van der Waals surface area (Å²) < 4.78 is 0. The van der Waals surface area contributed by atoms with E-state index in [4.69, 9.17) is 0 Å². The molecular weight excluding hydrogens is 316 g/mol. The van der Waals surface area contributed by atoms with Gasteiger partial charge in [0.25, 0.3) is 0 Å². The van der Waals surface area contributed by atoms with Crippen molar-refractivity contribution in [1.82, 2.24) is 10.3 Å². The molecule has 3 aromatic rings. The molecule has 0 atom stereocenters. The van der Waals surface area contributed by atoms with E-state index in [1.165, 1.54) is 16.3 Å². The summed E-state index contributed by atoms with van der Waals surface area (Å²) in [5.74, 6) is 0.0634. The molecule has 0 aliphatic heterocycles. The molecule has 0 aliphatic rings. The number of nitrogens with one attached hydrogen (secondary N) is 1. The van der Waals surface area contributed by atoms with Gasteiger partial charge in [-0.15, -0.1) is 11.3 Å². The number of hydrogen-bond acceptors (Lipinski definition) is 3. The van der Waals surface area contributed by atoms with Crippen molar-refractivity contribution in [2.45, 2.75) is 39.7 Å². The fourth-order valence-corrected chi connectivity index (χ4v) is 3.95. The molecule has 4 heteroatoms. The highest BCUT2D eigenvalue weighted by Gasteiger charge is 2.13. The third-order valence-corrected chi connectivity index (χ3v) is 5.09. The van der Waals surface area contributed by atoms with E-state index in [0.29, 0.717) is 6.42 Å². The average molecular weight is 338 g/mol. The maximum absolute atomic E-state index is 12.0. The SMILES string of the molecule is Cc1nc(Cc2cccc3ccccc23)sc1CC(=O)NC(C)C. The minimum absolute atomic E-state index is 0.0634. The number of benzene rings is 2. The number of thiazole rings is 1. The number of rotatable bonds is 5. The van der Waals surface area contributed by atoms with Crippen molar-refractivity contribution in [1.29, 1.82) is 0 Å². The molecule has 0 saturated carbocycles. The zero-order valence-electron chi connectivity index (χ0n) is 14.3. The number of aromatic nitrogens is 1. The van der Waals surface area contributed by atoms with Gasteiger partial charge in [0.15, 0.2) is 0 Å². The van der Waals surface area contributed by atoms with Crippen LogP contribution in [0, 0.1) is 6.92 Å². The predicted molar refractivity (Wildman–Crippen MR) is 101 cm³/mol. The van der Waals surface area contributed by atoms with Crippen LogP contribution in [0.1, 0.15) is 35.0 Å². The Morgan fingerprint density at radius 1 is 1.17 bits per heavy atom. The summed E-state index contributed by atoms with van der Waals surface area (Å²) in [6, 6.07) is 15.0. The zero-order chi connectivity index (χ0) is 17.1. The number of hydrogen-bond donors (Lipinski definition) is 1. The van der Waals surface area contributed by atoms with Crippen molar-refractivity contribution in [2.75, 3.05) is 0 Å².